The monoisotopic (exact) mass is 746 g/mol. The summed E-state index contributed by atoms with van der Waals surface area (Å²) in [5.74, 6) is 0.909. The largest absolute Gasteiger partial charge is 0.444 e. The quantitative estimate of drug-likeness (QED) is 0.205. The lowest BCUT2D eigenvalue weighted by Crippen LogP contribution is -2.46. The van der Waals surface area contributed by atoms with E-state index in [-0.39, 0.29) is 30.4 Å². The molecule has 12 heteroatoms. The van der Waals surface area contributed by atoms with Crippen molar-refractivity contribution in [2.75, 3.05) is 57.8 Å². The van der Waals surface area contributed by atoms with Gasteiger partial charge in [-0.2, -0.15) is 0 Å². The predicted octanol–water partition coefficient (Wildman–Crippen LogP) is 5.83. The van der Waals surface area contributed by atoms with Gasteiger partial charge in [0.25, 0.3) is 5.91 Å². The molecule has 288 valence electrons. The maximum atomic E-state index is 13.2. The number of carbonyl (C=O) groups excluding carboxylic acids is 4. The highest BCUT2D eigenvalue weighted by atomic mass is 32.2. The molecule has 2 N–H and O–H groups in total. The molecule has 3 saturated heterocycles. The summed E-state index contributed by atoms with van der Waals surface area (Å²) in [5, 5.41) is 5.69. The number of piperidine rings is 3. The number of likely N-dealkylation sites (tertiary alicyclic amines) is 1. The first-order chi connectivity index (χ1) is 25.5. The molecule has 4 aliphatic heterocycles. The summed E-state index contributed by atoms with van der Waals surface area (Å²) in [4.78, 5) is 57.0. The Morgan fingerprint density at radius 1 is 0.962 bits per heavy atom. The molecular weight excluding hydrogens is 689 g/mol. The molecular formula is C41H58N6O5S. The van der Waals surface area contributed by atoms with E-state index in [1.807, 2.05) is 44.9 Å². The minimum Gasteiger partial charge on any atom is -0.444 e. The van der Waals surface area contributed by atoms with E-state index < -0.39 is 11.6 Å². The Bertz CT molecular complexity index is 1590. The number of aldehydes is 1. The number of benzene rings is 2. The number of hydrogen-bond acceptors (Lipinski definition) is 9. The Morgan fingerprint density at radius 2 is 1.70 bits per heavy atom. The molecule has 0 radical (unpaired) electrons. The van der Waals surface area contributed by atoms with Gasteiger partial charge in [0, 0.05) is 74.9 Å². The molecule has 3 amide bonds. The number of anilines is 1. The lowest BCUT2D eigenvalue weighted by Gasteiger charge is -2.38. The molecule has 11 nitrogen and oxygen atoms in total. The van der Waals surface area contributed by atoms with E-state index in [1.165, 1.54) is 23.3 Å². The van der Waals surface area contributed by atoms with E-state index in [0.717, 1.165) is 89.0 Å². The number of fused-ring (bicyclic) bond motifs is 1. The molecule has 2 aromatic rings. The Labute approximate surface area is 319 Å². The van der Waals surface area contributed by atoms with Gasteiger partial charge in [-0.15, -0.1) is 0 Å². The average Bonchev–Trinajstić information content (AvgIpc) is 3.47. The van der Waals surface area contributed by atoms with Gasteiger partial charge in [-0.25, -0.2) is 9.10 Å². The van der Waals surface area contributed by atoms with E-state index in [4.69, 9.17) is 4.74 Å². The minimum absolute atomic E-state index is 0.136. The average molecular weight is 747 g/mol. The first-order valence-corrected chi connectivity index (χ1v) is 20.4. The van der Waals surface area contributed by atoms with Crippen LogP contribution in [-0.2, 0) is 20.9 Å². The Kier molecular flexibility index (Phi) is 13.0. The second-order valence-electron chi connectivity index (χ2n) is 16.2. The molecule has 4 aliphatic rings. The van der Waals surface area contributed by atoms with E-state index >= 15 is 0 Å². The molecule has 1 atom stereocenters. The fourth-order valence-electron chi connectivity index (χ4n) is 8.33. The number of amides is 3. The summed E-state index contributed by atoms with van der Waals surface area (Å²) in [7, 11) is 1.57. The number of carbonyl (C=O) groups is 4. The number of nitrogens with zero attached hydrogens (tertiary/aromatic N) is 4. The van der Waals surface area contributed by atoms with Gasteiger partial charge in [0.05, 0.1) is 0 Å². The van der Waals surface area contributed by atoms with Crippen molar-refractivity contribution in [1.82, 2.24) is 24.7 Å². The van der Waals surface area contributed by atoms with Crippen molar-refractivity contribution in [3.8, 4) is 0 Å². The van der Waals surface area contributed by atoms with Crippen LogP contribution in [0.1, 0.15) is 99.5 Å². The second kappa shape index (κ2) is 17.7. The zero-order chi connectivity index (χ0) is 37.5. The molecule has 2 aromatic carbocycles. The Balaban J connectivity index is 0.921. The number of alkyl carbamates (subject to hydrolysis) is 1. The van der Waals surface area contributed by atoms with Crippen LogP contribution in [0.15, 0.2) is 47.4 Å². The summed E-state index contributed by atoms with van der Waals surface area (Å²) in [5.41, 5.74) is 3.72. The molecule has 1 unspecified atom stereocenters. The van der Waals surface area contributed by atoms with Gasteiger partial charge in [-0.05, 0) is 144 Å². The van der Waals surface area contributed by atoms with Crippen molar-refractivity contribution >= 4 is 41.8 Å². The third-order valence-electron chi connectivity index (χ3n) is 11.2. The third kappa shape index (κ3) is 10.3. The van der Waals surface area contributed by atoms with Crippen molar-refractivity contribution in [2.45, 2.75) is 107 Å². The highest BCUT2D eigenvalue weighted by Gasteiger charge is 2.36. The lowest BCUT2D eigenvalue weighted by atomic mass is 9.88. The van der Waals surface area contributed by atoms with Crippen LogP contribution in [0, 0.1) is 5.92 Å². The van der Waals surface area contributed by atoms with E-state index in [2.05, 4.69) is 55.1 Å². The molecule has 0 spiro atoms. The number of hydrogen-bond donors (Lipinski definition) is 2. The fraction of sp³-hybridized carbons (Fsp3) is 0.610. The van der Waals surface area contributed by atoms with E-state index in [9.17, 15) is 19.2 Å². The summed E-state index contributed by atoms with van der Waals surface area (Å²) in [6.07, 6.45) is 7.58. The first-order valence-electron chi connectivity index (χ1n) is 19.6. The van der Waals surface area contributed by atoms with Crippen molar-refractivity contribution in [2.24, 2.45) is 5.92 Å². The van der Waals surface area contributed by atoms with Crippen LogP contribution in [0.3, 0.4) is 0 Å². The SMILES string of the molecule is CNC(=O)C(CCC=O)N1Cc2cc(N3CCC(CN4CCC(c5cccc(SN6CCC(NC(=O)OC(C)(C)C)CC6)c5)CC4)CC3)ccc2C1=O. The fourth-order valence-corrected chi connectivity index (χ4v) is 9.35. The Morgan fingerprint density at radius 3 is 2.38 bits per heavy atom. The summed E-state index contributed by atoms with van der Waals surface area (Å²) in [6, 6.07) is 14.7. The first kappa shape index (κ1) is 39.1. The topological polar surface area (TPSA) is 115 Å². The van der Waals surface area contributed by atoms with Crippen LogP contribution in [-0.4, -0.2) is 109 Å². The third-order valence-corrected chi connectivity index (χ3v) is 12.3. The van der Waals surface area contributed by atoms with Crippen molar-refractivity contribution in [3.05, 3.63) is 59.2 Å². The van der Waals surface area contributed by atoms with E-state index in [0.29, 0.717) is 30.4 Å². The molecule has 6 rings (SSSR count). The molecule has 3 fully saturated rings. The van der Waals surface area contributed by atoms with Crippen LogP contribution in [0.4, 0.5) is 10.5 Å². The highest BCUT2D eigenvalue weighted by Crippen LogP contribution is 2.35. The van der Waals surface area contributed by atoms with Crippen LogP contribution < -0.4 is 15.5 Å². The van der Waals surface area contributed by atoms with Gasteiger partial charge in [-0.3, -0.25) is 9.59 Å². The van der Waals surface area contributed by atoms with Gasteiger partial charge in [0.15, 0.2) is 0 Å². The maximum Gasteiger partial charge on any atom is 0.407 e. The zero-order valence-electron chi connectivity index (χ0n) is 32.0. The number of likely N-dealkylation sites (N-methyl/N-ethyl adjacent to an activating group) is 1. The normalized spacial score (nSPS) is 20.3. The lowest BCUT2D eigenvalue weighted by molar-refractivity contribution is -0.125. The van der Waals surface area contributed by atoms with Crippen molar-refractivity contribution < 1.29 is 23.9 Å². The number of ether oxygens (including phenoxy) is 1. The van der Waals surface area contributed by atoms with Gasteiger partial charge in [0.2, 0.25) is 5.91 Å². The molecule has 53 heavy (non-hydrogen) atoms. The summed E-state index contributed by atoms with van der Waals surface area (Å²) < 4.78 is 7.86. The van der Waals surface area contributed by atoms with Crippen LogP contribution >= 0.6 is 11.9 Å². The van der Waals surface area contributed by atoms with Gasteiger partial charge >= 0.3 is 6.09 Å². The standard InChI is InChI=1S/C41H58N6O5S/c1-41(2,3)52-40(51)43-33-16-22-46(23-17-33)53-35-8-5-7-31(26-35)30-14-18-44(19-15-30)27-29-12-20-45(21-13-29)34-10-11-36-32(25-34)28-47(39(36)50)37(9-6-24-48)38(49)42-4/h5,7-8,10-11,24-26,29-30,33,37H,6,9,12-23,27-28H2,1-4H3,(H,42,49)(H,43,51). The predicted molar refractivity (Wildman–Crippen MR) is 209 cm³/mol. The van der Waals surface area contributed by atoms with Crippen molar-refractivity contribution in [3.63, 3.8) is 0 Å². The maximum absolute atomic E-state index is 13.2. The van der Waals surface area contributed by atoms with Crippen molar-refractivity contribution in [1.29, 1.82) is 0 Å². The molecule has 0 aliphatic carbocycles. The highest BCUT2D eigenvalue weighted by molar-refractivity contribution is 7.97. The molecule has 0 aromatic heterocycles. The van der Waals surface area contributed by atoms with E-state index in [1.54, 1.807) is 11.9 Å². The van der Waals surface area contributed by atoms with Gasteiger partial charge < -0.3 is 34.9 Å². The van der Waals surface area contributed by atoms with Gasteiger partial charge in [-0.1, -0.05) is 12.1 Å². The second-order valence-corrected chi connectivity index (χ2v) is 17.3. The smallest absolute Gasteiger partial charge is 0.407 e. The minimum atomic E-state index is -0.643. The summed E-state index contributed by atoms with van der Waals surface area (Å²) >= 11 is 1.84. The molecule has 0 bridgehead atoms. The van der Waals surface area contributed by atoms with Crippen LogP contribution in [0.5, 0.6) is 0 Å². The Hall–Kier alpha value is -3.61. The molecule has 0 saturated carbocycles. The number of rotatable bonds is 12. The molecule has 4 heterocycles. The van der Waals surface area contributed by atoms with Gasteiger partial charge in [0.1, 0.15) is 17.9 Å². The summed E-state index contributed by atoms with van der Waals surface area (Å²) in [6.45, 7) is 13.4. The van der Waals surface area contributed by atoms with Crippen LogP contribution in [0.2, 0.25) is 0 Å². The zero-order valence-corrected chi connectivity index (χ0v) is 32.8. The number of nitrogens with one attached hydrogen (secondary N) is 2. The van der Waals surface area contributed by atoms with Crippen LogP contribution in [0.25, 0.3) is 0 Å².